The van der Waals surface area contributed by atoms with E-state index in [1.807, 2.05) is 13.2 Å². The molecule has 1 saturated carbocycles. The molecular formula is C18H20N4O4. The van der Waals surface area contributed by atoms with Crippen LogP contribution in [0.1, 0.15) is 24.4 Å². The molecule has 136 valence electrons. The first kappa shape index (κ1) is 16.6. The molecular weight excluding hydrogens is 336 g/mol. The smallest absolute Gasteiger partial charge is 0.408 e. The second kappa shape index (κ2) is 6.45. The van der Waals surface area contributed by atoms with Crippen molar-refractivity contribution < 1.29 is 14.3 Å². The Balaban J connectivity index is 1.54. The topological polar surface area (TPSA) is 102 Å². The van der Waals surface area contributed by atoms with Crippen LogP contribution in [0.2, 0.25) is 0 Å². The van der Waals surface area contributed by atoms with E-state index in [1.54, 1.807) is 35.1 Å². The maximum absolute atomic E-state index is 12.6. The lowest BCUT2D eigenvalue weighted by Gasteiger charge is -2.37. The maximum atomic E-state index is 12.6. The summed E-state index contributed by atoms with van der Waals surface area (Å²) < 4.78 is 8.17. The van der Waals surface area contributed by atoms with Gasteiger partial charge in [-0.15, -0.1) is 0 Å². The Morgan fingerprint density at radius 1 is 1.42 bits per heavy atom. The Hall–Kier alpha value is -2.87. The average Bonchev–Trinajstić information content (AvgIpc) is 3.14. The van der Waals surface area contributed by atoms with E-state index in [1.165, 1.54) is 4.57 Å². The molecule has 0 bridgehead atoms. The first-order valence-corrected chi connectivity index (χ1v) is 8.55. The van der Waals surface area contributed by atoms with Gasteiger partial charge in [0.1, 0.15) is 6.54 Å². The van der Waals surface area contributed by atoms with Gasteiger partial charge in [-0.3, -0.25) is 14.0 Å². The fourth-order valence-corrected chi connectivity index (χ4v) is 3.50. The number of rotatable bonds is 5. The lowest BCUT2D eigenvalue weighted by atomic mass is 9.75. The molecule has 1 fully saturated rings. The number of benzene rings is 1. The van der Waals surface area contributed by atoms with Crippen LogP contribution >= 0.6 is 0 Å². The number of hydrogen-bond acceptors (Lipinski definition) is 5. The number of hydrogen-bond donors (Lipinski definition) is 2. The van der Waals surface area contributed by atoms with Gasteiger partial charge in [-0.2, -0.15) is 5.10 Å². The number of nitrogens with one attached hydrogen (secondary N) is 1. The molecule has 1 aliphatic carbocycles. The Bertz CT molecular complexity index is 996. The van der Waals surface area contributed by atoms with Gasteiger partial charge in [0.05, 0.1) is 23.9 Å². The van der Waals surface area contributed by atoms with Crippen molar-refractivity contribution in [3.63, 3.8) is 0 Å². The van der Waals surface area contributed by atoms with Crippen LogP contribution in [0.4, 0.5) is 0 Å². The van der Waals surface area contributed by atoms with Crippen molar-refractivity contribution in [3.8, 4) is 0 Å². The Kier molecular flexibility index (Phi) is 4.12. The highest BCUT2D eigenvalue weighted by molar-refractivity contribution is 5.79. The van der Waals surface area contributed by atoms with E-state index in [4.69, 9.17) is 4.42 Å². The largest absolute Gasteiger partial charge is 0.420 e. The Labute approximate surface area is 149 Å². The number of oxazole rings is 1. The van der Waals surface area contributed by atoms with Gasteiger partial charge in [-0.05, 0) is 30.9 Å². The molecule has 0 unspecified atom stereocenters. The van der Waals surface area contributed by atoms with Crippen molar-refractivity contribution in [3.05, 3.63) is 52.8 Å². The standard InChI is InChI=1S/C18H20N4O4/c1-21-9-12(8-19-21)17(11-6-13(23)7-11)20-16(24)10-22-14-4-2-3-5-15(14)26-18(22)25/h2-5,8-9,11,13,17,23H,6-7,10H2,1H3,(H,20,24)/t11?,13?,17-/m1/s1. The van der Waals surface area contributed by atoms with Crippen LogP contribution in [-0.4, -0.2) is 31.5 Å². The van der Waals surface area contributed by atoms with Gasteiger partial charge < -0.3 is 14.8 Å². The third-order valence-corrected chi connectivity index (χ3v) is 4.90. The molecule has 2 N–H and O–H groups in total. The molecule has 2 heterocycles. The number of aryl methyl sites for hydroxylation is 1. The van der Waals surface area contributed by atoms with Crippen molar-refractivity contribution in [2.75, 3.05) is 0 Å². The van der Waals surface area contributed by atoms with Gasteiger partial charge in [-0.1, -0.05) is 12.1 Å². The minimum atomic E-state index is -0.557. The van der Waals surface area contributed by atoms with E-state index in [0.717, 1.165) is 5.56 Å². The van der Waals surface area contributed by atoms with Gasteiger partial charge in [0.15, 0.2) is 5.58 Å². The summed E-state index contributed by atoms with van der Waals surface area (Å²) in [6, 6.07) is 6.76. The van der Waals surface area contributed by atoms with E-state index in [-0.39, 0.29) is 30.5 Å². The molecule has 8 nitrogen and oxygen atoms in total. The highest BCUT2D eigenvalue weighted by Gasteiger charge is 2.36. The summed E-state index contributed by atoms with van der Waals surface area (Å²) in [5.74, 6) is -0.691. The summed E-state index contributed by atoms with van der Waals surface area (Å²) >= 11 is 0. The summed E-state index contributed by atoms with van der Waals surface area (Å²) in [5.41, 5.74) is 1.93. The number of carbonyl (C=O) groups is 1. The lowest BCUT2D eigenvalue weighted by Crippen LogP contribution is -2.42. The highest BCUT2D eigenvalue weighted by Crippen LogP contribution is 2.37. The lowest BCUT2D eigenvalue weighted by molar-refractivity contribution is -0.123. The SMILES string of the molecule is Cn1cc([C@H](NC(=O)Cn2c(=O)oc3ccccc32)C2CC(O)C2)cn1. The van der Waals surface area contributed by atoms with Crippen LogP contribution in [0.5, 0.6) is 0 Å². The zero-order chi connectivity index (χ0) is 18.3. The number of aliphatic hydroxyl groups is 1. The summed E-state index contributed by atoms with van der Waals surface area (Å²) in [7, 11) is 1.81. The van der Waals surface area contributed by atoms with Crippen molar-refractivity contribution in [2.45, 2.75) is 31.5 Å². The minimum absolute atomic E-state index is 0.123. The first-order chi connectivity index (χ1) is 12.5. The zero-order valence-electron chi connectivity index (χ0n) is 14.3. The molecule has 2 aromatic heterocycles. The van der Waals surface area contributed by atoms with Gasteiger partial charge in [0, 0.05) is 18.8 Å². The van der Waals surface area contributed by atoms with Crippen molar-refractivity contribution >= 4 is 17.0 Å². The molecule has 3 aromatic rings. The van der Waals surface area contributed by atoms with Gasteiger partial charge in [0.2, 0.25) is 5.91 Å². The predicted molar refractivity (Wildman–Crippen MR) is 93.3 cm³/mol. The average molecular weight is 356 g/mol. The second-order valence-corrected chi connectivity index (χ2v) is 6.80. The molecule has 1 aliphatic rings. The first-order valence-electron chi connectivity index (χ1n) is 8.55. The normalized spacial score (nSPS) is 20.7. The van der Waals surface area contributed by atoms with Crippen molar-refractivity contribution in [1.29, 1.82) is 0 Å². The number of carbonyl (C=O) groups excluding carboxylic acids is 1. The zero-order valence-corrected chi connectivity index (χ0v) is 14.3. The van der Waals surface area contributed by atoms with E-state index < -0.39 is 5.76 Å². The Morgan fingerprint density at radius 2 is 2.19 bits per heavy atom. The minimum Gasteiger partial charge on any atom is -0.408 e. The fraction of sp³-hybridized carbons (Fsp3) is 0.389. The van der Waals surface area contributed by atoms with E-state index in [0.29, 0.717) is 23.9 Å². The second-order valence-electron chi connectivity index (χ2n) is 6.80. The number of nitrogens with zero attached hydrogens (tertiary/aromatic N) is 3. The Morgan fingerprint density at radius 3 is 2.88 bits per heavy atom. The molecule has 0 radical (unpaired) electrons. The molecule has 1 atom stereocenters. The fourth-order valence-electron chi connectivity index (χ4n) is 3.50. The number of aliphatic hydroxyl groups excluding tert-OH is 1. The molecule has 4 rings (SSSR count). The summed E-state index contributed by atoms with van der Waals surface area (Å²) in [6.07, 6.45) is 4.52. The van der Waals surface area contributed by atoms with Crippen molar-refractivity contribution in [1.82, 2.24) is 19.7 Å². The monoisotopic (exact) mass is 356 g/mol. The van der Waals surface area contributed by atoms with Crippen LogP contribution in [0.3, 0.4) is 0 Å². The summed E-state index contributed by atoms with van der Waals surface area (Å²) in [4.78, 5) is 24.7. The molecule has 0 aliphatic heterocycles. The quantitative estimate of drug-likeness (QED) is 0.709. The number of aromatic nitrogens is 3. The number of amides is 1. The van der Waals surface area contributed by atoms with Gasteiger partial charge in [0.25, 0.3) is 0 Å². The van der Waals surface area contributed by atoms with Crippen LogP contribution < -0.4 is 11.1 Å². The van der Waals surface area contributed by atoms with Gasteiger partial charge >= 0.3 is 5.76 Å². The summed E-state index contributed by atoms with van der Waals surface area (Å²) in [6.45, 7) is -0.123. The van der Waals surface area contributed by atoms with Crippen LogP contribution in [0.25, 0.3) is 11.1 Å². The molecule has 1 aromatic carbocycles. The third kappa shape index (κ3) is 3.03. The number of para-hydroxylation sites is 2. The highest BCUT2D eigenvalue weighted by atomic mass is 16.4. The molecule has 1 amide bonds. The predicted octanol–water partition coefficient (Wildman–Crippen LogP) is 0.956. The maximum Gasteiger partial charge on any atom is 0.420 e. The third-order valence-electron chi connectivity index (χ3n) is 4.90. The van der Waals surface area contributed by atoms with Crippen LogP contribution in [-0.2, 0) is 18.4 Å². The van der Waals surface area contributed by atoms with Crippen LogP contribution in [0, 0.1) is 5.92 Å². The molecule has 8 heteroatoms. The van der Waals surface area contributed by atoms with E-state index >= 15 is 0 Å². The van der Waals surface area contributed by atoms with E-state index in [2.05, 4.69) is 10.4 Å². The van der Waals surface area contributed by atoms with Gasteiger partial charge in [-0.25, -0.2) is 4.79 Å². The number of fused-ring (bicyclic) bond motifs is 1. The van der Waals surface area contributed by atoms with E-state index in [9.17, 15) is 14.7 Å². The molecule has 0 spiro atoms. The summed E-state index contributed by atoms with van der Waals surface area (Å²) in [5, 5.41) is 16.8. The van der Waals surface area contributed by atoms with Crippen LogP contribution in [0.15, 0.2) is 45.9 Å². The van der Waals surface area contributed by atoms with Crippen molar-refractivity contribution in [2.24, 2.45) is 13.0 Å². The molecule has 0 saturated heterocycles. The molecule has 26 heavy (non-hydrogen) atoms.